The molecule has 0 bridgehead atoms. The Hall–Kier alpha value is -3.72. The molecule has 4 aromatic rings. The maximum absolute atomic E-state index is 2.41. The molecule has 0 saturated carbocycles. The minimum Gasteiger partial charge on any atom is -0.332 e. The van der Waals surface area contributed by atoms with Gasteiger partial charge >= 0.3 is 0 Å². The van der Waals surface area contributed by atoms with Crippen molar-refractivity contribution in [3.05, 3.63) is 126 Å². The average molecular weight is 392 g/mol. The summed E-state index contributed by atoms with van der Waals surface area (Å²) in [6.45, 7) is 1.63. The van der Waals surface area contributed by atoms with E-state index in [9.17, 15) is 0 Å². The lowest BCUT2D eigenvalue weighted by molar-refractivity contribution is 0.891. The highest BCUT2D eigenvalue weighted by Crippen LogP contribution is 2.30. The molecule has 0 N–H and O–H groups in total. The molecule has 0 unspecified atom stereocenters. The standard InChI is InChI=1S/C27H25N3/c1-4-10-23(11-5-1)20-24-16-18-25(19-17-24)28-21-29(26-12-6-2-7-13-26)30(22-28)27-14-8-3-9-15-27/h1-19H,20-22H2. The lowest BCUT2D eigenvalue weighted by Crippen LogP contribution is -2.36. The Bertz CT molecular complexity index is 1020. The molecule has 0 spiro atoms. The number of benzene rings is 4. The second-order valence-electron chi connectivity index (χ2n) is 7.62. The fourth-order valence-corrected chi connectivity index (χ4v) is 3.98. The van der Waals surface area contributed by atoms with E-state index in [4.69, 9.17) is 0 Å². The molecule has 0 amide bonds. The molecule has 4 aromatic carbocycles. The van der Waals surface area contributed by atoms with Crippen molar-refractivity contribution in [1.29, 1.82) is 0 Å². The van der Waals surface area contributed by atoms with Gasteiger partial charge in [0.25, 0.3) is 0 Å². The van der Waals surface area contributed by atoms with E-state index in [1.807, 2.05) is 0 Å². The van der Waals surface area contributed by atoms with Crippen LogP contribution in [0.4, 0.5) is 17.1 Å². The monoisotopic (exact) mass is 391 g/mol. The van der Waals surface area contributed by atoms with Crippen molar-refractivity contribution >= 4 is 17.1 Å². The SMILES string of the molecule is c1ccc(Cc2ccc(N3CN(c4ccccc4)N(c4ccccc4)C3)cc2)cc1. The van der Waals surface area contributed by atoms with Gasteiger partial charge < -0.3 is 4.90 Å². The largest absolute Gasteiger partial charge is 0.332 e. The van der Waals surface area contributed by atoms with Crippen LogP contribution in [0.15, 0.2) is 115 Å². The Morgan fingerprint density at radius 1 is 0.433 bits per heavy atom. The van der Waals surface area contributed by atoms with Crippen LogP contribution in [0.5, 0.6) is 0 Å². The van der Waals surface area contributed by atoms with Crippen molar-refractivity contribution in [2.24, 2.45) is 0 Å². The number of nitrogens with zero attached hydrogens (tertiary/aromatic N) is 3. The van der Waals surface area contributed by atoms with Crippen molar-refractivity contribution in [3.8, 4) is 0 Å². The van der Waals surface area contributed by atoms with Crippen molar-refractivity contribution < 1.29 is 0 Å². The zero-order chi connectivity index (χ0) is 20.2. The Balaban J connectivity index is 1.38. The highest BCUT2D eigenvalue weighted by atomic mass is 15.7. The average Bonchev–Trinajstić information content (AvgIpc) is 3.27. The molecule has 1 heterocycles. The van der Waals surface area contributed by atoms with Gasteiger partial charge in [-0.1, -0.05) is 78.9 Å². The quantitative estimate of drug-likeness (QED) is 0.417. The molecule has 1 aliphatic heterocycles. The van der Waals surface area contributed by atoms with E-state index in [0.717, 1.165) is 19.8 Å². The molecule has 0 atom stereocenters. The lowest BCUT2D eigenvalue weighted by Gasteiger charge is -2.29. The first-order valence-electron chi connectivity index (χ1n) is 10.4. The minimum absolute atomic E-state index is 0.816. The van der Waals surface area contributed by atoms with Gasteiger partial charge in [-0.15, -0.1) is 0 Å². The van der Waals surface area contributed by atoms with Gasteiger partial charge in [-0.2, -0.15) is 0 Å². The van der Waals surface area contributed by atoms with E-state index in [2.05, 4.69) is 130 Å². The highest BCUT2D eigenvalue weighted by Gasteiger charge is 2.28. The third kappa shape index (κ3) is 3.87. The molecule has 1 fully saturated rings. The summed E-state index contributed by atoms with van der Waals surface area (Å²) >= 11 is 0. The first-order valence-corrected chi connectivity index (χ1v) is 10.4. The van der Waals surface area contributed by atoms with Gasteiger partial charge in [0.1, 0.15) is 13.3 Å². The summed E-state index contributed by atoms with van der Waals surface area (Å²) in [6.07, 6.45) is 0.966. The fraction of sp³-hybridized carbons (Fsp3) is 0.111. The maximum Gasteiger partial charge on any atom is 0.112 e. The van der Waals surface area contributed by atoms with Gasteiger partial charge in [0.05, 0.1) is 11.4 Å². The summed E-state index contributed by atoms with van der Waals surface area (Å²) in [4.78, 5) is 2.41. The van der Waals surface area contributed by atoms with Crippen molar-refractivity contribution in [1.82, 2.24) is 0 Å². The number of para-hydroxylation sites is 2. The molecule has 30 heavy (non-hydrogen) atoms. The summed E-state index contributed by atoms with van der Waals surface area (Å²) < 4.78 is 0. The zero-order valence-electron chi connectivity index (χ0n) is 16.9. The van der Waals surface area contributed by atoms with Gasteiger partial charge in [0.2, 0.25) is 0 Å². The predicted octanol–water partition coefficient (Wildman–Crippen LogP) is 5.94. The van der Waals surface area contributed by atoms with E-state index < -0.39 is 0 Å². The van der Waals surface area contributed by atoms with Crippen LogP contribution in [-0.4, -0.2) is 13.3 Å². The van der Waals surface area contributed by atoms with Crippen LogP contribution in [0.1, 0.15) is 11.1 Å². The Kier molecular flexibility index (Phi) is 5.09. The molecule has 0 aliphatic carbocycles. The molecule has 3 nitrogen and oxygen atoms in total. The van der Waals surface area contributed by atoms with E-state index in [1.165, 1.54) is 28.2 Å². The summed E-state index contributed by atoms with van der Waals surface area (Å²) in [5.74, 6) is 0. The number of hydrazine groups is 1. The second kappa shape index (κ2) is 8.34. The smallest absolute Gasteiger partial charge is 0.112 e. The molecule has 1 aliphatic rings. The minimum atomic E-state index is 0.816. The molecule has 1 saturated heterocycles. The maximum atomic E-state index is 2.41. The van der Waals surface area contributed by atoms with Gasteiger partial charge in [-0.05, 0) is 53.9 Å². The summed E-state index contributed by atoms with van der Waals surface area (Å²) in [6, 6.07) is 40.8. The van der Waals surface area contributed by atoms with Crippen LogP contribution >= 0.6 is 0 Å². The Morgan fingerprint density at radius 3 is 1.37 bits per heavy atom. The van der Waals surface area contributed by atoms with Crippen LogP contribution in [0.2, 0.25) is 0 Å². The summed E-state index contributed by atoms with van der Waals surface area (Å²) in [5, 5.41) is 4.68. The third-order valence-corrected chi connectivity index (χ3v) is 5.56. The second-order valence-corrected chi connectivity index (χ2v) is 7.62. The first kappa shape index (κ1) is 18.3. The predicted molar refractivity (Wildman–Crippen MR) is 126 cm³/mol. The van der Waals surface area contributed by atoms with Crippen LogP contribution in [-0.2, 0) is 6.42 Å². The normalized spacial score (nSPS) is 13.7. The molecule has 0 radical (unpaired) electrons. The van der Waals surface area contributed by atoms with Gasteiger partial charge in [-0.25, -0.2) is 0 Å². The molecular formula is C27H25N3. The first-order chi connectivity index (χ1) is 14.9. The number of rotatable bonds is 5. The Labute approximate surface area is 178 Å². The lowest BCUT2D eigenvalue weighted by atomic mass is 10.0. The highest BCUT2D eigenvalue weighted by molar-refractivity contribution is 5.64. The van der Waals surface area contributed by atoms with Gasteiger partial charge in [-0.3, -0.25) is 10.0 Å². The van der Waals surface area contributed by atoms with E-state index >= 15 is 0 Å². The number of anilines is 3. The number of hydrogen-bond acceptors (Lipinski definition) is 3. The van der Waals surface area contributed by atoms with Crippen LogP contribution in [0, 0.1) is 0 Å². The van der Waals surface area contributed by atoms with Crippen molar-refractivity contribution in [3.63, 3.8) is 0 Å². The molecule has 5 rings (SSSR count). The summed E-state index contributed by atoms with van der Waals surface area (Å²) in [5.41, 5.74) is 6.32. The van der Waals surface area contributed by atoms with E-state index in [1.54, 1.807) is 0 Å². The van der Waals surface area contributed by atoms with E-state index in [-0.39, 0.29) is 0 Å². The topological polar surface area (TPSA) is 9.72 Å². The Morgan fingerprint density at radius 2 is 0.867 bits per heavy atom. The van der Waals surface area contributed by atoms with Crippen LogP contribution < -0.4 is 14.9 Å². The summed E-state index contributed by atoms with van der Waals surface area (Å²) in [7, 11) is 0. The molecule has 0 aromatic heterocycles. The number of hydrogen-bond donors (Lipinski definition) is 0. The fourth-order valence-electron chi connectivity index (χ4n) is 3.98. The van der Waals surface area contributed by atoms with Crippen LogP contribution in [0.25, 0.3) is 0 Å². The molecule has 148 valence electrons. The van der Waals surface area contributed by atoms with E-state index in [0.29, 0.717) is 0 Å². The van der Waals surface area contributed by atoms with Crippen molar-refractivity contribution in [2.75, 3.05) is 28.3 Å². The molecule has 3 heteroatoms. The van der Waals surface area contributed by atoms with Crippen LogP contribution in [0.3, 0.4) is 0 Å². The van der Waals surface area contributed by atoms with Gasteiger partial charge in [0.15, 0.2) is 0 Å². The molecular weight excluding hydrogens is 366 g/mol. The van der Waals surface area contributed by atoms with Gasteiger partial charge in [0, 0.05) is 5.69 Å². The van der Waals surface area contributed by atoms with Crippen molar-refractivity contribution in [2.45, 2.75) is 6.42 Å². The zero-order valence-corrected chi connectivity index (χ0v) is 16.9. The third-order valence-electron chi connectivity index (χ3n) is 5.56.